The summed E-state index contributed by atoms with van der Waals surface area (Å²) < 4.78 is 1.89. The second-order valence-corrected chi connectivity index (χ2v) is 9.04. The van der Waals surface area contributed by atoms with Gasteiger partial charge in [-0.05, 0) is 70.8 Å². The SMILES string of the molecule is Cc1cccc(-c2cc(C(C)C)c(-c3cnn(-c4ccc(C#N)cc4)c3)c(C(C)C)c2)c1. The highest BCUT2D eigenvalue weighted by atomic mass is 15.3. The first-order valence-corrected chi connectivity index (χ1v) is 11.2. The van der Waals surface area contributed by atoms with Gasteiger partial charge in [0.15, 0.2) is 0 Å². The lowest BCUT2D eigenvalue weighted by Gasteiger charge is -2.21. The number of nitriles is 1. The highest BCUT2D eigenvalue weighted by molar-refractivity contribution is 5.78. The van der Waals surface area contributed by atoms with E-state index < -0.39 is 0 Å². The first-order chi connectivity index (χ1) is 15.4. The van der Waals surface area contributed by atoms with Gasteiger partial charge in [0.05, 0.1) is 23.5 Å². The van der Waals surface area contributed by atoms with Crippen molar-refractivity contribution in [3.63, 3.8) is 0 Å². The molecule has 4 aromatic rings. The van der Waals surface area contributed by atoms with Crippen LogP contribution in [0.2, 0.25) is 0 Å². The van der Waals surface area contributed by atoms with Crippen molar-refractivity contribution < 1.29 is 0 Å². The Bertz CT molecular complexity index is 1260. The van der Waals surface area contributed by atoms with Crippen molar-refractivity contribution >= 4 is 0 Å². The Labute approximate surface area is 191 Å². The molecule has 0 saturated carbocycles. The van der Waals surface area contributed by atoms with Crippen molar-refractivity contribution in [3.8, 4) is 34.0 Å². The predicted octanol–water partition coefficient (Wildman–Crippen LogP) is 7.63. The molecule has 0 radical (unpaired) electrons. The third-order valence-electron chi connectivity index (χ3n) is 5.93. The van der Waals surface area contributed by atoms with Gasteiger partial charge >= 0.3 is 0 Å². The fraction of sp³-hybridized carbons (Fsp3) is 0.241. The molecule has 3 heteroatoms. The molecule has 0 amide bonds. The minimum Gasteiger partial charge on any atom is -0.240 e. The molecule has 1 heterocycles. The van der Waals surface area contributed by atoms with Crippen LogP contribution >= 0.6 is 0 Å². The summed E-state index contributed by atoms with van der Waals surface area (Å²) in [5.41, 5.74) is 10.5. The van der Waals surface area contributed by atoms with Gasteiger partial charge in [0.1, 0.15) is 0 Å². The molecule has 0 saturated heterocycles. The standard InChI is InChI=1S/C29H29N3/c1-19(2)27-14-24(23-8-6-7-21(5)13-23)15-28(20(3)4)29(27)25-17-31-32(18-25)26-11-9-22(16-30)10-12-26/h6-15,17-20H,1-5H3. The fourth-order valence-electron chi connectivity index (χ4n) is 4.20. The highest BCUT2D eigenvalue weighted by Gasteiger charge is 2.19. The molecule has 0 aliphatic heterocycles. The molecule has 0 atom stereocenters. The largest absolute Gasteiger partial charge is 0.240 e. The molecular formula is C29H29N3. The molecule has 0 spiro atoms. The maximum atomic E-state index is 9.06. The molecule has 0 N–H and O–H groups in total. The van der Waals surface area contributed by atoms with E-state index in [1.807, 2.05) is 35.1 Å². The molecule has 3 nitrogen and oxygen atoms in total. The smallest absolute Gasteiger partial charge is 0.0991 e. The topological polar surface area (TPSA) is 41.6 Å². The van der Waals surface area contributed by atoms with Gasteiger partial charge in [0.2, 0.25) is 0 Å². The molecule has 160 valence electrons. The lowest BCUT2D eigenvalue weighted by molar-refractivity contribution is 0.838. The zero-order valence-corrected chi connectivity index (χ0v) is 19.4. The minimum atomic E-state index is 0.380. The summed E-state index contributed by atoms with van der Waals surface area (Å²) in [7, 11) is 0. The van der Waals surface area contributed by atoms with E-state index in [0.717, 1.165) is 11.3 Å². The van der Waals surface area contributed by atoms with Crippen LogP contribution in [0, 0.1) is 18.3 Å². The molecule has 32 heavy (non-hydrogen) atoms. The Kier molecular flexibility index (Phi) is 5.97. The van der Waals surface area contributed by atoms with Gasteiger partial charge in [0, 0.05) is 11.8 Å². The van der Waals surface area contributed by atoms with Crippen molar-refractivity contribution in [1.82, 2.24) is 9.78 Å². The molecule has 0 aliphatic carbocycles. The molecular weight excluding hydrogens is 390 g/mol. The van der Waals surface area contributed by atoms with Crippen molar-refractivity contribution in [1.29, 1.82) is 5.26 Å². The summed E-state index contributed by atoms with van der Waals surface area (Å²) in [5.74, 6) is 0.760. The van der Waals surface area contributed by atoms with Crippen LogP contribution in [0.1, 0.15) is 61.8 Å². The van der Waals surface area contributed by atoms with Crippen molar-refractivity contribution in [3.05, 3.63) is 95.3 Å². The number of aromatic nitrogens is 2. The predicted molar refractivity (Wildman–Crippen MR) is 132 cm³/mol. The van der Waals surface area contributed by atoms with Crippen LogP contribution in [0.25, 0.3) is 27.9 Å². The van der Waals surface area contributed by atoms with Gasteiger partial charge in [-0.1, -0.05) is 69.7 Å². The Morgan fingerprint density at radius 2 is 1.47 bits per heavy atom. The normalized spacial score (nSPS) is 11.2. The van der Waals surface area contributed by atoms with Gasteiger partial charge in [-0.2, -0.15) is 10.4 Å². The molecule has 0 bridgehead atoms. The molecule has 0 aliphatic rings. The molecule has 0 fully saturated rings. The number of hydrogen-bond acceptors (Lipinski definition) is 2. The number of benzene rings is 3. The Balaban J connectivity index is 1.86. The first-order valence-electron chi connectivity index (χ1n) is 11.2. The number of rotatable bonds is 5. The molecule has 4 rings (SSSR count). The van der Waals surface area contributed by atoms with Gasteiger partial charge in [-0.3, -0.25) is 0 Å². The molecule has 0 unspecified atom stereocenters. The summed E-state index contributed by atoms with van der Waals surface area (Å²) in [6, 6.07) is 23.1. The monoisotopic (exact) mass is 419 g/mol. The molecule has 1 aromatic heterocycles. The minimum absolute atomic E-state index is 0.380. The van der Waals surface area contributed by atoms with Crippen LogP contribution in [0.15, 0.2) is 73.1 Å². The summed E-state index contributed by atoms with van der Waals surface area (Å²) in [6.45, 7) is 11.2. The van der Waals surface area contributed by atoms with Crippen LogP contribution in [-0.2, 0) is 0 Å². The van der Waals surface area contributed by atoms with Crippen LogP contribution in [0.5, 0.6) is 0 Å². The van der Waals surface area contributed by atoms with Gasteiger partial charge < -0.3 is 0 Å². The van der Waals surface area contributed by atoms with Gasteiger partial charge in [-0.25, -0.2) is 4.68 Å². The Hall–Kier alpha value is -3.64. The quantitative estimate of drug-likeness (QED) is 0.333. The summed E-state index contributed by atoms with van der Waals surface area (Å²) in [5, 5.41) is 13.7. The van der Waals surface area contributed by atoms with Gasteiger partial charge in [-0.15, -0.1) is 0 Å². The zero-order valence-electron chi connectivity index (χ0n) is 19.4. The van der Waals surface area contributed by atoms with E-state index in [9.17, 15) is 0 Å². The zero-order chi connectivity index (χ0) is 22.8. The van der Waals surface area contributed by atoms with E-state index in [1.165, 1.54) is 33.4 Å². The second kappa shape index (κ2) is 8.85. The summed E-state index contributed by atoms with van der Waals surface area (Å²) in [6.07, 6.45) is 4.05. The van der Waals surface area contributed by atoms with E-state index in [-0.39, 0.29) is 0 Å². The number of hydrogen-bond donors (Lipinski definition) is 0. The van der Waals surface area contributed by atoms with Crippen LogP contribution in [0.4, 0.5) is 0 Å². The van der Waals surface area contributed by atoms with Crippen LogP contribution in [0.3, 0.4) is 0 Å². The van der Waals surface area contributed by atoms with E-state index in [1.54, 1.807) is 0 Å². The van der Waals surface area contributed by atoms with Crippen LogP contribution < -0.4 is 0 Å². The number of aryl methyl sites for hydroxylation is 1. The average molecular weight is 420 g/mol. The van der Waals surface area contributed by atoms with Crippen LogP contribution in [-0.4, -0.2) is 9.78 Å². The van der Waals surface area contributed by atoms with E-state index in [2.05, 4.69) is 88.4 Å². The van der Waals surface area contributed by atoms with Crippen molar-refractivity contribution in [2.24, 2.45) is 0 Å². The van der Waals surface area contributed by atoms with E-state index in [4.69, 9.17) is 5.26 Å². The second-order valence-electron chi connectivity index (χ2n) is 9.04. The number of nitrogens with zero attached hydrogens (tertiary/aromatic N) is 3. The highest BCUT2D eigenvalue weighted by Crippen LogP contribution is 2.39. The lowest BCUT2D eigenvalue weighted by atomic mass is 9.83. The van der Waals surface area contributed by atoms with E-state index >= 15 is 0 Å². The Morgan fingerprint density at radius 3 is 2.03 bits per heavy atom. The first kappa shape index (κ1) is 21.6. The van der Waals surface area contributed by atoms with Crippen molar-refractivity contribution in [2.45, 2.75) is 46.5 Å². The fourth-order valence-corrected chi connectivity index (χ4v) is 4.20. The third-order valence-corrected chi connectivity index (χ3v) is 5.93. The molecule has 3 aromatic carbocycles. The lowest BCUT2D eigenvalue weighted by Crippen LogP contribution is -2.01. The Morgan fingerprint density at radius 1 is 0.812 bits per heavy atom. The van der Waals surface area contributed by atoms with Crippen molar-refractivity contribution in [2.75, 3.05) is 0 Å². The summed E-state index contributed by atoms with van der Waals surface area (Å²) >= 11 is 0. The van der Waals surface area contributed by atoms with E-state index in [0.29, 0.717) is 17.4 Å². The third kappa shape index (κ3) is 4.22. The maximum absolute atomic E-state index is 9.06. The maximum Gasteiger partial charge on any atom is 0.0991 e. The summed E-state index contributed by atoms with van der Waals surface area (Å²) in [4.78, 5) is 0. The average Bonchev–Trinajstić information content (AvgIpc) is 3.28. The van der Waals surface area contributed by atoms with Gasteiger partial charge in [0.25, 0.3) is 0 Å².